The molecular weight excluding hydrogens is 248 g/mol. The zero-order chi connectivity index (χ0) is 13.8. The molecule has 0 radical (unpaired) electrons. The third-order valence-corrected chi connectivity index (χ3v) is 2.48. The zero-order valence-corrected chi connectivity index (χ0v) is 10.7. The molecule has 7 heteroatoms. The molecule has 0 saturated carbocycles. The number of nitrogens with zero attached hydrogens (tertiary/aromatic N) is 3. The highest BCUT2D eigenvalue weighted by molar-refractivity contribution is 5.92. The Kier molecular flexibility index (Phi) is 3.65. The van der Waals surface area contributed by atoms with Crippen molar-refractivity contribution in [2.45, 2.75) is 6.54 Å². The van der Waals surface area contributed by atoms with Gasteiger partial charge >= 0.3 is 5.97 Å². The summed E-state index contributed by atoms with van der Waals surface area (Å²) in [5.41, 5.74) is 6.82. The van der Waals surface area contributed by atoms with E-state index in [0.717, 1.165) is 5.69 Å². The van der Waals surface area contributed by atoms with E-state index in [1.807, 2.05) is 12.1 Å². The van der Waals surface area contributed by atoms with Gasteiger partial charge in [0.05, 0.1) is 32.1 Å². The summed E-state index contributed by atoms with van der Waals surface area (Å²) in [6, 6.07) is 5.41. The average molecular weight is 262 g/mol. The minimum absolute atomic E-state index is 0.102. The number of aromatic nitrogens is 3. The van der Waals surface area contributed by atoms with Gasteiger partial charge in [0.15, 0.2) is 5.69 Å². The van der Waals surface area contributed by atoms with E-state index in [1.165, 1.54) is 11.8 Å². The Balaban J connectivity index is 2.21. The lowest BCUT2D eigenvalue weighted by atomic mass is 10.3. The van der Waals surface area contributed by atoms with Crippen molar-refractivity contribution in [2.24, 2.45) is 0 Å². The number of anilines is 1. The summed E-state index contributed by atoms with van der Waals surface area (Å²) in [7, 11) is 2.83. The molecule has 2 aromatic heterocycles. The molecule has 2 heterocycles. The first-order chi connectivity index (χ1) is 9.13. The fourth-order valence-corrected chi connectivity index (χ4v) is 1.60. The number of nitrogens with two attached hydrogens (primary N) is 1. The zero-order valence-electron chi connectivity index (χ0n) is 10.7. The number of carbonyl (C=O) groups is 1. The normalized spacial score (nSPS) is 10.2. The van der Waals surface area contributed by atoms with Gasteiger partial charge in [-0.3, -0.25) is 4.68 Å². The van der Waals surface area contributed by atoms with Gasteiger partial charge in [0.25, 0.3) is 0 Å². The largest absolute Gasteiger partial charge is 0.481 e. The molecule has 0 aromatic carbocycles. The first-order valence-corrected chi connectivity index (χ1v) is 5.55. The van der Waals surface area contributed by atoms with Crippen LogP contribution in [0, 0.1) is 0 Å². The van der Waals surface area contributed by atoms with E-state index in [0.29, 0.717) is 12.4 Å². The van der Waals surface area contributed by atoms with Crippen molar-refractivity contribution in [1.29, 1.82) is 0 Å². The monoisotopic (exact) mass is 262 g/mol. The van der Waals surface area contributed by atoms with Crippen LogP contribution in [0.5, 0.6) is 5.88 Å². The Morgan fingerprint density at radius 3 is 2.89 bits per heavy atom. The molecule has 0 aliphatic heterocycles. The highest BCUT2D eigenvalue weighted by Gasteiger charge is 2.15. The Morgan fingerprint density at radius 2 is 2.21 bits per heavy atom. The number of methoxy groups -OCH3 is 2. The predicted molar refractivity (Wildman–Crippen MR) is 67.9 cm³/mol. The van der Waals surface area contributed by atoms with Gasteiger partial charge < -0.3 is 15.2 Å². The van der Waals surface area contributed by atoms with Crippen molar-refractivity contribution < 1.29 is 14.3 Å². The van der Waals surface area contributed by atoms with Crippen LogP contribution in [0.2, 0.25) is 0 Å². The van der Waals surface area contributed by atoms with Gasteiger partial charge in [-0.2, -0.15) is 5.10 Å². The molecule has 0 saturated heterocycles. The molecule has 0 fully saturated rings. The molecule has 2 aromatic rings. The maximum absolute atomic E-state index is 11.4. The van der Waals surface area contributed by atoms with E-state index in [2.05, 4.69) is 14.8 Å². The highest BCUT2D eigenvalue weighted by atomic mass is 16.5. The van der Waals surface area contributed by atoms with E-state index in [-0.39, 0.29) is 11.4 Å². The maximum atomic E-state index is 11.4. The Bertz CT molecular complexity index is 594. The van der Waals surface area contributed by atoms with Crippen molar-refractivity contribution in [3.8, 4) is 5.88 Å². The SMILES string of the molecule is COC(=O)c1nn(Cc2cccc(OC)n2)cc1N. The van der Waals surface area contributed by atoms with E-state index >= 15 is 0 Å². The predicted octanol–water partition coefficient (Wildman–Crippen LogP) is 0.704. The lowest BCUT2D eigenvalue weighted by Gasteiger charge is -2.03. The van der Waals surface area contributed by atoms with Gasteiger partial charge in [-0.15, -0.1) is 0 Å². The molecule has 0 unspecified atom stereocenters. The van der Waals surface area contributed by atoms with E-state index in [1.54, 1.807) is 19.4 Å². The van der Waals surface area contributed by atoms with Gasteiger partial charge in [0.1, 0.15) is 0 Å². The molecule has 2 rings (SSSR count). The topological polar surface area (TPSA) is 92.3 Å². The molecule has 0 atom stereocenters. The van der Waals surface area contributed by atoms with Gasteiger partial charge in [0, 0.05) is 12.3 Å². The molecule has 100 valence electrons. The molecule has 0 bridgehead atoms. The van der Waals surface area contributed by atoms with Gasteiger partial charge in [-0.25, -0.2) is 9.78 Å². The van der Waals surface area contributed by atoms with Crippen molar-refractivity contribution in [2.75, 3.05) is 20.0 Å². The summed E-state index contributed by atoms with van der Waals surface area (Å²) < 4.78 is 11.2. The minimum Gasteiger partial charge on any atom is -0.481 e. The smallest absolute Gasteiger partial charge is 0.360 e. The first kappa shape index (κ1) is 12.9. The summed E-state index contributed by atoms with van der Waals surface area (Å²) in [6.07, 6.45) is 1.56. The van der Waals surface area contributed by atoms with Crippen LogP contribution in [0.4, 0.5) is 5.69 Å². The molecule has 7 nitrogen and oxygen atoms in total. The highest BCUT2D eigenvalue weighted by Crippen LogP contribution is 2.12. The maximum Gasteiger partial charge on any atom is 0.360 e. The van der Waals surface area contributed by atoms with Crippen LogP contribution in [0.15, 0.2) is 24.4 Å². The fourth-order valence-electron chi connectivity index (χ4n) is 1.60. The third-order valence-electron chi connectivity index (χ3n) is 2.48. The van der Waals surface area contributed by atoms with Crippen LogP contribution >= 0.6 is 0 Å². The molecule has 0 amide bonds. The summed E-state index contributed by atoms with van der Waals surface area (Å²) >= 11 is 0. The lowest BCUT2D eigenvalue weighted by molar-refractivity contribution is 0.0594. The fraction of sp³-hybridized carbons (Fsp3) is 0.250. The van der Waals surface area contributed by atoms with Crippen molar-refractivity contribution >= 4 is 11.7 Å². The molecule has 0 aliphatic rings. The second-order valence-corrected chi connectivity index (χ2v) is 3.79. The summed E-state index contributed by atoms with van der Waals surface area (Å²) in [5.74, 6) is -0.0410. The lowest BCUT2D eigenvalue weighted by Crippen LogP contribution is -2.07. The summed E-state index contributed by atoms with van der Waals surface area (Å²) in [5, 5.41) is 4.07. The summed E-state index contributed by atoms with van der Waals surface area (Å²) in [6.45, 7) is 0.387. The molecular formula is C12H14N4O3. The van der Waals surface area contributed by atoms with Gasteiger partial charge in [-0.05, 0) is 6.07 Å². The van der Waals surface area contributed by atoms with E-state index in [9.17, 15) is 4.79 Å². The van der Waals surface area contributed by atoms with Crippen LogP contribution < -0.4 is 10.5 Å². The van der Waals surface area contributed by atoms with Gasteiger partial charge in [0.2, 0.25) is 5.88 Å². The summed E-state index contributed by atoms with van der Waals surface area (Å²) in [4.78, 5) is 15.6. The number of hydrogen-bond donors (Lipinski definition) is 1. The Hall–Kier alpha value is -2.57. The van der Waals surface area contributed by atoms with Crippen molar-refractivity contribution in [1.82, 2.24) is 14.8 Å². The van der Waals surface area contributed by atoms with Crippen LogP contribution in [-0.4, -0.2) is 35.0 Å². The van der Waals surface area contributed by atoms with Crippen molar-refractivity contribution in [3.63, 3.8) is 0 Å². The van der Waals surface area contributed by atoms with Crippen LogP contribution in [0.25, 0.3) is 0 Å². The second kappa shape index (κ2) is 5.38. The van der Waals surface area contributed by atoms with E-state index in [4.69, 9.17) is 10.5 Å². The molecule has 19 heavy (non-hydrogen) atoms. The minimum atomic E-state index is -0.560. The third kappa shape index (κ3) is 2.82. The number of rotatable bonds is 4. The first-order valence-electron chi connectivity index (χ1n) is 5.55. The van der Waals surface area contributed by atoms with Crippen molar-refractivity contribution in [3.05, 3.63) is 35.8 Å². The number of ether oxygens (including phenoxy) is 2. The molecule has 0 aliphatic carbocycles. The number of nitrogen functional groups attached to an aromatic ring is 1. The van der Waals surface area contributed by atoms with Crippen LogP contribution in [0.3, 0.4) is 0 Å². The molecule has 0 spiro atoms. The Morgan fingerprint density at radius 1 is 1.42 bits per heavy atom. The van der Waals surface area contributed by atoms with Crippen LogP contribution in [-0.2, 0) is 11.3 Å². The molecule has 2 N–H and O–H groups in total. The number of pyridine rings is 1. The number of hydrogen-bond acceptors (Lipinski definition) is 6. The Labute approximate surface area is 110 Å². The van der Waals surface area contributed by atoms with Crippen LogP contribution in [0.1, 0.15) is 16.2 Å². The number of esters is 1. The number of carbonyl (C=O) groups excluding carboxylic acids is 1. The average Bonchev–Trinajstić information content (AvgIpc) is 2.79. The van der Waals surface area contributed by atoms with E-state index < -0.39 is 5.97 Å². The van der Waals surface area contributed by atoms with Gasteiger partial charge in [-0.1, -0.05) is 6.07 Å². The second-order valence-electron chi connectivity index (χ2n) is 3.79. The standard InChI is InChI=1S/C12H14N4O3/c1-18-10-5-3-4-8(14-10)6-16-7-9(13)11(15-16)12(17)19-2/h3-5,7H,6,13H2,1-2H3. The quantitative estimate of drug-likeness (QED) is 0.815.